The van der Waals surface area contributed by atoms with E-state index in [1.807, 2.05) is 67.6 Å². The second-order valence-corrected chi connectivity index (χ2v) is 7.15. The van der Waals surface area contributed by atoms with Crippen LogP contribution in [0.4, 0.5) is 5.69 Å². The maximum absolute atomic E-state index is 5.87. The second kappa shape index (κ2) is 9.79. The molecular weight excluding hydrogens is 350 g/mol. The largest absolute Gasteiger partial charge is 0.465 e. The van der Waals surface area contributed by atoms with Crippen LogP contribution in [0, 0.1) is 0 Å². The van der Waals surface area contributed by atoms with Gasteiger partial charge in [0.2, 0.25) is 0 Å². The van der Waals surface area contributed by atoms with Crippen molar-refractivity contribution in [1.82, 2.24) is 0 Å². The lowest BCUT2D eigenvalue weighted by atomic mass is 10.2. The van der Waals surface area contributed by atoms with E-state index in [9.17, 15) is 0 Å². The molecule has 0 aliphatic heterocycles. The van der Waals surface area contributed by atoms with Crippen LogP contribution in [0.25, 0.3) is 0 Å². The number of hydrogen-bond donors (Lipinski definition) is 0. The molecule has 0 atom stereocenters. The molecular formula is C24H23NOS. The topological polar surface area (TPSA) is 21.6 Å². The van der Waals surface area contributed by atoms with E-state index in [1.165, 1.54) is 5.56 Å². The fourth-order valence-electron chi connectivity index (χ4n) is 2.42. The summed E-state index contributed by atoms with van der Waals surface area (Å²) in [5.74, 6) is 0.829. The van der Waals surface area contributed by atoms with Crippen molar-refractivity contribution in [3.8, 4) is 5.75 Å². The number of aryl methyl sites for hydroxylation is 1. The molecule has 0 saturated carbocycles. The molecule has 3 heteroatoms. The van der Waals surface area contributed by atoms with Crippen LogP contribution in [-0.4, -0.2) is 5.04 Å². The SMILES string of the molecule is CCc1ccc(OC=C(C)/C(=N\c2ccccc2)Sc2ccccc2)cc1. The van der Waals surface area contributed by atoms with Crippen LogP contribution < -0.4 is 4.74 Å². The Bertz CT molecular complexity index is 900. The van der Waals surface area contributed by atoms with E-state index in [1.54, 1.807) is 18.0 Å². The standard InChI is InChI=1S/C24H23NOS/c1-3-20-14-16-22(17-15-20)26-18-19(2)24(25-21-10-6-4-7-11-21)27-23-12-8-5-9-13-23/h4-18H,3H2,1-2H3/b19-18?,25-24+. The maximum Gasteiger partial charge on any atom is 0.126 e. The van der Waals surface area contributed by atoms with E-state index in [-0.39, 0.29) is 0 Å². The summed E-state index contributed by atoms with van der Waals surface area (Å²) in [6.45, 7) is 4.17. The van der Waals surface area contributed by atoms with Crippen LogP contribution in [0.3, 0.4) is 0 Å². The molecule has 0 saturated heterocycles. The van der Waals surface area contributed by atoms with Crippen molar-refractivity contribution < 1.29 is 4.74 Å². The van der Waals surface area contributed by atoms with Gasteiger partial charge in [0.05, 0.1) is 11.9 Å². The summed E-state index contributed by atoms with van der Waals surface area (Å²) in [7, 11) is 0. The summed E-state index contributed by atoms with van der Waals surface area (Å²) in [4.78, 5) is 5.97. The van der Waals surface area contributed by atoms with Crippen LogP contribution >= 0.6 is 11.8 Å². The Kier molecular flexibility index (Phi) is 6.89. The van der Waals surface area contributed by atoms with Gasteiger partial charge in [-0.15, -0.1) is 0 Å². The van der Waals surface area contributed by atoms with Gasteiger partial charge in [-0.1, -0.05) is 67.2 Å². The van der Waals surface area contributed by atoms with Gasteiger partial charge in [-0.3, -0.25) is 0 Å². The molecule has 0 heterocycles. The van der Waals surface area contributed by atoms with Crippen molar-refractivity contribution in [1.29, 1.82) is 0 Å². The number of rotatable bonds is 6. The average Bonchev–Trinajstić information content (AvgIpc) is 2.73. The molecule has 0 spiro atoms. The molecule has 27 heavy (non-hydrogen) atoms. The van der Waals surface area contributed by atoms with Gasteiger partial charge in [-0.05, 0) is 55.3 Å². The number of hydrogen-bond acceptors (Lipinski definition) is 3. The predicted octanol–water partition coefficient (Wildman–Crippen LogP) is 7.05. The third-order valence-corrected chi connectivity index (χ3v) is 5.10. The lowest BCUT2D eigenvalue weighted by molar-refractivity contribution is 0.478. The molecule has 0 fully saturated rings. The molecule has 0 aliphatic carbocycles. The highest BCUT2D eigenvalue weighted by Crippen LogP contribution is 2.26. The minimum atomic E-state index is 0.829. The summed E-state index contributed by atoms with van der Waals surface area (Å²) < 4.78 is 5.87. The van der Waals surface area contributed by atoms with Gasteiger partial charge in [0, 0.05) is 10.5 Å². The second-order valence-electron chi connectivity index (χ2n) is 6.08. The molecule has 2 nitrogen and oxygen atoms in total. The van der Waals surface area contributed by atoms with Crippen LogP contribution in [0.5, 0.6) is 5.75 Å². The zero-order chi connectivity index (χ0) is 18.9. The van der Waals surface area contributed by atoms with Gasteiger partial charge < -0.3 is 4.74 Å². The van der Waals surface area contributed by atoms with Crippen LogP contribution in [-0.2, 0) is 6.42 Å². The van der Waals surface area contributed by atoms with Gasteiger partial charge in [0.15, 0.2) is 0 Å². The van der Waals surface area contributed by atoms with Crippen molar-refractivity contribution in [2.75, 3.05) is 0 Å². The van der Waals surface area contributed by atoms with E-state index >= 15 is 0 Å². The molecule has 0 amide bonds. The minimum absolute atomic E-state index is 0.829. The highest BCUT2D eigenvalue weighted by atomic mass is 32.2. The molecule has 0 aliphatic rings. The highest BCUT2D eigenvalue weighted by Gasteiger charge is 2.07. The number of nitrogens with zero attached hydrogens (tertiary/aromatic N) is 1. The number of ether oxygens (including phenoxy) is 1. The summed E-state index contributed by atoms with van der Waals surface area (Å²) >= 11 is 1.63. The van der Waals surface area contributed by atoms with E-state index in [0.29, 0.717) is 0 Å². The van der Waals surface area contributed by atoms with Gasteiger partial charge >= 0.3 is 0 Å². The first kappa shape index (κ1) is 19.0. The first-order chi connectivity index (χ1) is 13.2. The number of aliphatic imine (C=N–C) groups is 1. The summed E-state index contributed by atoms with van der Waals surface area (Å²) in [5, 5.41) is 0.914. The van der Waals surface area contributed by atoms with Crippen molar-refractivity contribution in [3.05, 3.63) is 102 Å². The Balaban J connectivity index is 1.82. The molecule has 0 bridgehead atoms. The van der Waals surface area contributed by atoms with Gasteiger partial charge in [-0.2, -0.15) is 0 Å². The van der Waals surface area contributed by atoms with Gasteiger partial charge in [0.1, 0.15) is 10.8 Å². The summed E-state index contributed by atoms with van der Waals surface area (Å²) in [5.41, 5.74) is 3.21. The van der Waals surface area contributed by atoms with Crippen LogP contribution in [0.1, 0.15) is 19.4 Å². The molecule has 3 rings (SSSR count). The number of para-hydroxylation sites is 1. The molecule has 3 aromatic carbocycles. The normalized spacial score (nSPS) is 12.1. The third kappa shape index (κ3) is 5.87. The summed E-state index contributed by atoms with van der Waals surface area (Å²) in [6, 6.07) is 28.4. The lowest BCUT2D eigenvalue weighted by Gasteiger charge is -2.08. The predicted molar refractivity (Wildman–Crippen MR) is 116 cm³/mol. The Morgan fingerprint density at radius 1 is 0.889 bits per heavy atom. The van der Waals surface area contributed by atoms with Gasteiger partial charge in [0.25, 0.3) is 0 Å². The van der Waals surface area contributed by atoms with Crippen LogP contribution in [0.15, 0.2) is 107 Å². The first-order valence-corrected chi connectivity index (χ1v) is 9.85. The minimum Gasteiger partial charge on any atom is -0.465 e. The summed E-state index contributed by atoms with van der Waals surface area (Å²) in [6.07, 6.45) is 2.80. The molecule has 136 valence electrons. The molecule has 0 unspecified atom stereocenters. The van der Waals surface area contributed by atoms with E-state index in [4.69, 9.17) is 9.73 Å². The Labute approximate surface area is 165 Å². The highest BCUT2D eigenvalue weighted by molar-refractivity contribution is 8.14. The Hall–Kier alpha value is -2.78. The number of thioether (sulfide) groups is 1. The number of benzene rings is 3. The van der Waals surface area contributed by atoms with E-state index < -0.39 is 0 Å². The lowest BCUT2D eigenvalue weighted by Crippen LogP contribution is -1.97. The van der Waals surface area contributed by atoms with Gasteiger partial charge in [-0.25, -0.2) is 4.99 Å². The van der Waals surface area contributed by atoms with Crippen LogP contribution in [0.2, 0.25) is 0 Å². The first-order valence-electron chi connectivity index (χ1n) is 9.04. The van der Waals surface area contributed by atoms with Crippen molar-refractivity contribution in [3.63, 3.8) is 0 Å². The zero-order valence-corrected chi connectivity index (χ0v) is 16.4. The smallest absolute Gasteiger partial charge is 0.126 e. The van der Waals surface area contributed by atoms with E-state index in [0.717, 1.165) is 33.4 Å². The average molecular weight is 374 g/mol. The Morgan fingerprint density at radius 3 is 2.15 bits per heavy atom. The quantitative estimate of drug-likeness (QED) is 0.200. The molecule has 3 aromatic rings. The van der Waals surface area contributed by atoms with Crippen molar-refractivity contribution >= 4 is 22.5 Å². The zero-order valence-electron chi connectivity index (χ0n) is 15.6. The molecule has 0 N–H and O–H groups in total. The fraction of sp³-hybridized carbons (Fsp3) is 0.125. The fourth-order valence-corrected chi connectivity index (χ4v) is 3.30. The molecule has 0 aromatic heterocycles. The Morgan fingerprint density at radius 2 is 1.52 bits per heavy atom. The monoisotopic (exact) mass is 373 g/mol. The van der Waals surface area contributed by atoms with E-state index in [2.05, 4.69) is 31.2 Å². The third-order valence-electron chi connectivity index (χ3n) is 3.99. The molecule has 0 radical (unpaired) electrons. The van der Waals surface area contributed by atoms with Crippen molar-refractivity contribution in [2.45, 2.75) is 25.2 Å². The van der Waals surface area contributed by atoms with Crippen molar-refractivity contribution in [2.24, 2.45) is 4.99 Å². The maximum atomic E-state index is 5.87.